The second-order valence-electron chi connectivity index (χ2n) is 32.0. The predicted octanol–water partition coefficient (Wildman–Crippen LogP) is 30.4. The smallest absolute Gasteiger partial charge is 0.309 e. The quantitative estimate of drug-likeness (QED) is 0.122. The van der Waals surface area contributed by atoms with Gasteiger partial charge in [0.1, 0.15) is 0 Å². The van der Waals surface area contributed by atoms with Crippen LogP contribution in [-0.2, 0) is 12.4 Å². The van der Waals surface area contributed by atoms with E-state index >= 15 is 26.3 Å². The molecule has 0 N–H and O–H groups in total. The van der Waals surface area contributed by atoms with E-state index in [2.05, 4.69) is 250 Å². The predicted molar refractivity (Wildman–Crippen MR) is 493 cm³/mol. The van der Waals surface area contributed by atoms with Crippen molar-refractivity contribution in [3.8, 4) is 73.2 Å². The van der Waals surface area contributed by atoms with Crippen molar-refractivity contribution in [3.05, 3.63) is 405 Å². The second kappa shape index (κ2) is 26.3. The molecule has 25 rings (SSSR count). The molecule has 7 aromatic heterocycles. The highest BCUT2D eigenvalue weighted by molar-refractivity contribution is 6.21. The van der Waals surface area contributed by atoms with Crippen LogP contribution >= 0.6 is 0 Å². The fourth-order valence-electron chi connectivity index (χ4n) is 20.4. The lowest BCUT2D eigenvalue weighted by Gasteiger charge is -2.32. The number of halogens is 6. The number of hydrogen-bond donors (Lipinski definition) is 0. The molecule has 7 heterocycles. The third-order valence-electron chi connectivity index (χ3n) is 25.5. The Labute approximate surface area is 697 Å². The molecule has 0 saturated heterocycles. The van der Waals surface area contributed by atoms with Crippen LogP contribution < -0.4 is 0 Å². The monoisotopic (exact) mass is 1600 g/mol. The molecule has 13 heteroatoms. The largest absolute Gasteiger partial charge is 0.416 e. The van der Waals surface area contributed by atoms with Gasteiger partial charge in [0, 0.05) is 92.3 Å². The standard InChI is InChI=1S/C110H65F6N7/c111-109(112,113)71-59-70(60-72(65-71)110(114,115)116)103-104(119-91-43-19-7-31-75(91)76-32-8-20-44-92(76)119)106(121-95-47-23-11-35-79(95)80-36-12-24-48-96(80)121)108(107(122-97-49-25-13-37-81(97)82-38-14-26-50-98(82)122)105(103)120-93-45-21-9-33-77(93)78-34-10-22-46-94(78)120)123-101-57-53-68(66-51-55-99-85(61-66)83-39-15-17-41-89(83)117(99)73-27-3-1-4-28-73)63-87(101)88-64-69(54-58-102(88)123)67-52-56-100-86(62-67)84-40-16-18-42-90(84)118(100)74-29-5-2-6-30-74/h1-65H. The first-order chi connectivity index (χ1) is 60.4. The van der Waals surface area contributed by atoms with Gasteiger partial charge >= 0.3 is 12.4 Å². The Balaban J connectivity index is 0.941. The highest BCUT2D eigenvalue weighted by Gasteiger charge is 2.42. The van der Waals surface area contributed by atoms with E-state index in [9.17, 15) is 0 Å². The summed E-state index contributed by atoms with van der Waals surface area (Å²) < 4.78 is 116. The molecule has 0 spiro atoms. The number of nitrogens with zero attached hydrogens (tertiary/aromatic N) is 7. The molecule has 18 aromatic carbocycles. The number of benzene rings is 18. The van der Waals surface area contributed by atoms with Crippen LogP contribution in [0.3, 0.4) is 0 Å². The molecule has 0 bridgehead atoms. The number of aromatic nitrogens is 7. The maximum Gasteiger partial charge on any atom is 0.416 e. The van der Waals surface area contributed by atoms with E-state index in [1.54, 1.807) is 0 Å². The van der Waals surface area contributed by atoms with Gasteiger partial charge in [-0.2, -0.15) is 26.3 Å². The topological polar surface area (TPSA) is 34.5 Å². The van der Waals surface area contributed by atoms with Crippen LogP contribution in [0, 0.1) is 0 Å². The third-order valence-corrected chi connectivity index (χ3v) is 25.5. The van der Waals surface area contributed by atoms with Crippen LogP contribution in [0.4, 0.5) is 26.3 Å². The van der Waals surface area contributed by atoms with Crippen LogP contribution in [0.2, 0.25) is 0 Å². The molecule has 0 aliphatic rings. The van der Waals surface area contributed by atoms with Gasteiger partial charge in [0.15, 0.2) is 0 Å². The van der Waals surface area contributed by atoms with Crippen LogP contribution in [-0.4, -0.2) is 32.0 Å². The Kier molecular flexibility index (Phi) is 15.0. The second-order valence-corrected chi connectivity index (χ2v) is 32.0. The lowest BCUT2D eigenvalue weighted by molar-refractivity contribution is -0.143. The minimum atomic E-state index is -5.29. The van der Waals surface area contributed by atoms with Gasteiger partial charge in [0.05, 0.1) is 117 Å². The van der Waals surface area contributed by atoms with Gasteiger partial charge in [-0.1, -0.05) is 243 Å². The van der Waals surface area contributed by atoms with Crippen LogP contribution in [0.1, 0.15) is 11.1 Å². The van der Waals surface area contributed by atoms with Gasteiger partial charge in [-0.15, -0.1) is 0 Å². The van der Waals surface area contributed by atoms with Gasteiger partial charge in [-0.05, 0) is 179 Å². The number of para-hydroxylation sites is 12. The first kappa shape index (κ1) is 70.2. The first-order valence-electron chi connectivity index (χ1n) is 41.1. The average molecular weight is 1600 g/mol. The SMILES string of the molecule is FC(F)(F)c1cc(-c2c(-n3c4ccccc4c4ccccc43)c(-n3c4ccccc4c4ccccc43)c(-n3c4ccc(-c5ccc6c(c5)c5ccccc5n6-c5ccccc5)cc4c4cc(-c5ccc6c(c5)c5ccccc5n6-c5ccccc5)ccc43)c(-n3c4ccccc4c4ccccc43)c2-n2c3ccccc3c3ccccc32)cc(C(F)(F)F)c1. The van der Waals surface area contributed by atoms with Crippen LogP contribution in [0.25, 0.3) is 226 Å². The van der Waals surface area contributed by atoms with E-state index < -0.39 is 23.5 Å². The van der Waals surface area contributed by atoms with Crippen molar-refractivity contribution in [3.63, 3.8) is 0 Å². The molecule has 25 aromatic rings. The van der Waals surface area contributed by atoms with Gasteiger partial charge in [-0.3, -0.25) is 0 Å². The Morgan fingerprint density at radius 3 is 0.585 bits per heavy atom. The summed E-state index contributed by atoms with van der Waals surface area (Å²) in [5, 5.41) is 12.8. The molecule has 0 aliphatic carbocycles. The van der Waals surface area contributed by atoms with Crippen LogP contribution in [0.5, 0.6) is 0 Å². The Morgan fingerprint density at radius 1 is 0.146 bits per heavy atom. The molecule has 0 radical (unpaired) electrons. The fourth-order valence-corrected chi connectivity index (χ4v) is 20.4. The molecule has 123 heavy (non-hydrogen) atoms. The Morgan fingerprint density at radius 2 is 0.333 bits per heavy atom. The average Bonchev–Trinajstić information content (AvgIpc) is 1.57. The van der Waals surface area contributed by atoms with Gasteiger partial charge in [0.25, 0.3) is 0 Å². The Hall–Kier alpha value is -15.9. The van der Waals surface area contributed by atoms with Crippen molar-refractivity contribution >= 4 is 153 Å². The van der Waals surface area contributed by atoms with Crippen molar-refractivity contribution in [1.82, 2.24) is 32.0 Å². The molecule has 0 fully saturated rings. The normalized spacial score (nSPS) is 12.5. The molecule has 0 atom stereocenters. The van der Waals surface area contributed by atoms with Crippen molar-refractivity contribution in [2.24, 2.45) is 0 Å². The summed E-state index contributed by atoms with van der Waals surface area (Å²) in [6.45, 7) is 0. The van der Waals surface area contributed by atoms with Crippen LogP contribution in [0.15, 0.2) is 394 Å². The summed E-state index contributed by atoms with van der Waals surface area (Å²) >= 11 is 0. The zero-order valence-corrected chi connectivity index (χ0v) is 65.4. The lowest BCUT2D eigenvalue weighted by atomic mass is 9.92. The summed E-state index contributed by atoms with van der Waals surface area (Å²) in [7, 11) is 0. The number of alkyl halides is 6. The summed E-state index contributed by atoms with van der Waals surface area (Å²) in [4.78, 5) is 0. The van der Waals surface area contributed by atoms with E-state index in [4.69, 9.17) is 0 Å². The minimum Gasteiger partial charge on any atom is -0.309 e. The highest BCUT2D eigenvalue weighted by Crippen LogP contribution is 2.57. The van der Waals surface area contributed by atoms with Gasteiger partial charge in [0.2, 0.25) is 0 Å². The fraction of sp³-hybridized carbons (Fsp3) is 0.0182. The van der Waals surface area contributed by atoms with E-state index in [0.717, 1.165) is 176 Å². The number of hydrogen-bond acceptors (Lipinski definition) is 0. The highest BCUT2D eigenvalue weighted by atomic mass is 19.4. The number of fused-ring (bicyclic) bond motifs is 21. The summed E-state index contributed by atoms with van der Waals surface area (Å²) in [5.41, 5.74) is 16.0. The van der Waals surface area contributed by atoms with E-state index in [1.807, 2.05) is 158 Å². The summed E-state index contributed by atoms with van der Waals surface area (Å²) in [6, 6.07) is 132. The molecule has 0 saturated carbocycles. The lowest BCUT2D eigenvalue weighted by Crippen LogP contribution is -2.19. The minimum absolute atomic E-state index is 0.0838. The van der Waals surface area contributed by atoms with Crippen molar-refractivity contribution in [2.75, 3.05) is 0 Å². The maximum atomic E-state index is 16.8. The van der Waals surface area contributed by atoms with Crippen molar-refractivity contribution in [2.45, 2.75) is 12.4 Å². The molecule has 0 unspecified atom stereocenters. The van der Waals surface area contributed by atoms with E-state index in [0.29, 0.717) is 50.5 Å². The third kappa shape index (κ3) is 10.3. The van der Waals surface area contributed by atoms with E-state index in [1.165, 1.54) is 0 Å². The maximum absolute atomic E-state index is 16.8. The zero-order valence-electron chi connectivity index (χ0n) is 65.4. The van der Waals surface area contributed by atoms with E-state index in [-0.39, 0.29) is 17.2 Å². The molecule has 0 amide bonds. The summed E-state index contributed by atoms with van der Waals surface area (Å²) in [6.07, 6.45) is -10.6. The Bertz CT molecular complexity index is 8090. The van der Waals surface area contributed by atoms with Gasteiger partial charge < -0.3 is 32.0 Å². The molecule has 582 valence electrons. The summed E-state index contributed by atoms with van der Waals surface area (Å²) in [5.74, 6) is 0. The first-order valence-corrected chi connectivity index (χ1v) is 41.1. The molecular formula is C110H65F6N7. The van der Waals surface area contributed by atoms with Crippen molar-refractivity contribution < 1.29 is 26.3 Å². The van der Waals surface area contributed by atoms with Gasteiger partial charge in [-0.25, -0.2) is 0 Å². The number of rotatable bonds is 10. The zero-order chi connectivity index (χ0) is 81.8. The van der Waals surface area contributed by atoms with Crippen molar-refractivity contribution in [1.29, 1.82) is 0 Å². The molecular weight excluding hydrogens is 1530 g/mol. The molecule has 7 nitrogen and oxygen atoms in total. The molecule has 0 aliphatic heterocycles.